The van der Waals surface area contributed by atoms with Crippen LogP contribution in [-0.4, -0.2) is 17.0 Å². The summed E-state index contributed by atoms with van der Waals surface area (Å²) in [6, 6.07) is 22.5. The highest BCUT2D eigenvalue weighted by Gasteiger charge is 2.25. The number of ether oxygens (including phenoxy) is 2. The SMILES string of the molecule is CC(C)C(Oc1ccccc1C#N)C(=O)NCc1ccnc(OCc2ccccc2)c1. The number of hydrogen-bond donors (Lipinski definition) is 1. The lowest BCUT2D eigenvalue weighted by atomic mass is 10.1. The number of nitrogens with one attached hydrogen (secondary N) is 1. The van der Waals surface area contributed by atoms with Gasteiger partial charge in [-0.2, -0.15) is 5.26 Å². The Labute approximate surface area is 182 Å². The third-order valence-electron chi connectivity index (χ3n) is 4.62. The second-order valence-corrected chi connectivity index (χ2v) is 7.38. The van der Waals surface area contributed by atoms with E-state index in [0.29, 0.717) is 30.3 Å². The Balaban J connectivity index is 1.60. The largest absolute Gasteiger partial charge is 0.479 e. The fraction of sp³-hybridized carbons (Fsp3) is 0.240. The molecule has 0 saturated heterocycles. The summed E-state index contributed by atoms with van der Waals surface area (Å²) in [4.78, 5) is 17.0. The van der Waals surface area contributed by atoms with E-state index in [4.69, 9.17) is 9.47 Å². The van der Waals surface area contributed by atoms with Crippen molar-refractivity contribution >= 4 is 5.91 Å². The van der Waals surface area contributed by atoms with Crippen LogP contribution >= 0.6 is 0 Å². The summed E-state index contributed by atoms with van der Waals surface area (Å²) in [5.74, 6) is 0.579. The van der Waals surface area contributed by atoms with Crippen LogP contribution in [0.4, 0.5) is 0 Å². The van der Waals surface area contributed by atoms with E-state index in [1.807, 2.05) is 50.2 Å². The molecule has 1 aromatic heterocycles. The Bertz CT molecular complexity index is 1050. The Kier molecular flexibility index (Phi) is 7.61. The van der Waals surface area contributed by atoms with Crippen LogP contribution in [0.1, 0.15) is 30.5 Å². The first-order chi connectivity index (χ1) is 15.1. The van der Waals surface area contributed by atoms with Crippen molar-refractivity contribution in [3.63, 3.8) is 0 Å². The average Bonchev–Trinajstić information content (AvgIpc) is 2.80. The number of hydrogen-bond acceptors (Lipinski definition) is 5. The lowest BCUT2D eigenvalue weighted by molar-refractivity contribution is -0.130. The summed E-state index contributed by atoms with van der Waals surface area (Å²) in [5.41, 5.74) is 2.32. The summed E-state index contributed by atoms with van der Waals surface area (Å²) < 4.78 is 11.6. The number of rotatable bonds is 9. The summed E-state index contributed by atoms with van der Waals surface area (Å²) in [5, 5.41) is 12.2. The second-order valence-electron chi connectivity index (χ2n) is 7.38. The fourth-order valence-electron chi connectivity index (χ4n) is 2.95. The molecule has 6 heteroatoms. The molecule has 158 valence electrons. The van der Waals surface area contributed by atoms with Gasteiger partial charge in [0.15, 0.2) is 6.10 Å². The highest BCUT2D eigenvalue weighted by atomic mass is 16.5. The first-order valence-electron chi connectivity index (χ1n) is 10.1. The van der Waals surface area contributed by atoms with E-state index >= 15 is 0 Å². The van der Waals surface area contributed by atoms with Gasteiger partial charge in [-0.1, -0.05) is 56.3 Å². The van der Waals surface area contributed by atoms with Gasteiger partial charge in [-0.3, -0.25) is 4.79 Å². The van der Waals surface area contributed by atoms with Gasteiger partial charge < -0.3 is 14.8 Å². The molecule has 1 amide bonds. The van der Waals surface area contributed by atoms with Crippen LogP contribution in [0.3, 0.4) is 0 Å². The summed E-state index contributed by atoms with van der Waals surface area (Å²) in [6.45, 7) is 4.54. The van der Waals surface area contributed by atoms with E-state index < -0.39 is 6.10 Å². The van der Waals surface area contributed by atoms with Crippen molar-refractivity contribution in [1.29, 1.82) is 5.26 Å². The number of carbonyl (C=O) groups excluding carboxylic acids is 1. The van der Waals surface area contributed by atoms with Crippen LogP contribution in [0, 0.1) is 17.2 Å². The summed E-state index contributed by atoms with van der Waals surface area (Å²) in [7, 11) is 0. The first-order valence-corrected chi connectivity index (χ1v) is 10.1. The molecule has 0 aliphatic carbocycles. The minimum Gasteiger partial charge on any atom is -0.479 e. The number of nitrogens with zero attached hydrogens (tertiary/aromatic N) is 2. The Morgan fingerprint density at radius 1 is 1.06 bits per heavy atom. The van der Waals surface area contributed by atoms with Gasteiger partial charge in [0.1, 0.15) is 18.4 Å². The molecular weight excluding hydrogens is 390 g/mol. The maximum absolute atomic E-state index is 12.8. The lowest BCUT2D eigenvalue weighted by Crippen LogP contribution is -2.41. The predicted octanol–water partition coefficient (Wildman–Crippen LogP) is 4.25. The van der Waals surface area contributed by atoms with Gasteiger partial charge in [0.2, 0.25) is 5.88 Å². The molecule has 0 bridgehead atoms. The normalized spacial score (nSPS) is 11.4. The van der Waals surface area contributed by atoms with Gasteiger partial charge in [0, 0.05) is 18.8 Å². The van der Waals surface area contributed by atoms with Gasteiger partial charge in [-0.05, 0) is 35.2 Å². The Morgan fingerprint density at radius 3 is 2.55 bits per heavy atom. The van der Waals surface area contributed by atoms with E-state index in [-0.39, 0.29) is 11.8 Å². The van der Waals surface area contributed by atoms with Gasteiger partial charge >= 0.3 is 0 Å². The van der Waals surface area contributed by atoms with Gasteiger partial charge in [0.25, 0.3) is 5.91 Å². The molecule has 0 spiro atoms. The second kappa shape index (κ2) is 10.8. The molecule has 0 fully saturated rings. The number of carbonyl (C=O) groups is 1. The molecule has 0 aliphatic heterocycles. The topological polar surface area (TPSA) is 84.2 Å². The minimum absolute atomic E-state index is 0.0750. The fourth-order valence-corrected chi connectivity index (χ4v) is 2.95. The molecule has 1 heterocycles. The van der Waals surface area contributed by atoms with Gasteiger partial charge in [-0.15, -0.1) is 0 Å². The van der Waals surface area contributed by atoms with Crippen LogP contribution in [0.5, 0.6) is 11.6 Å². The van der Waals surface area contributed by atoms with Crippen LogP contribution in [0.15, 0.2) is 72.9 Å². The average molecular weight is 415 g/mol. The van der Waals surface area contributed by atoms with Gasteiger partial charge in [-0.25, -0.2) is 4.98 Å². The molecule has 1 N–H and O–H groups in total. The predicted molar refractivity (Wildman–Crippen MR) is 117 cm³/mol. The summed E-state index contributed by atoms with van der Waals surface area (Å²) >= 11 is 0. The van der Waals surface area contributed by atoms with Crippen molar-refractivity contribution in [2.24, 2.45) is 5.92 Å². The lowest BCUT2D eigenvalue weighted by Gasteiger charge is -2.22. The molecule has 6 nitrogen and oxygen atoms in total. The summed E-state index contributed by atoms with van der Waals surface area (Å²) in [6.07, 6.45) is 0.937. The van der Waals surface area contributed by atoms with E-state index in [1.54, 1.807) is 36.5 Å². The molecular formula is C25H25N3O3. The molecule has 2 aromatic carbocycles. The third kappa shape index (κ3) is 6.31. The molecule has 31 heavy (non-hydrogen) atoms. The highest BCUT2D eigenvalue weighted by Crippen LogP contribution is 2.21. The first kappa shape index (κ1) is 21.8. The van der Waals surface area contributed by atoms with Crippen molar-refractivity contribution in [1.82, 2.24) is 10.3 Å². The third-order valence-corrected chi connectivity index (χ3v) is 4.62. The van der Waals surface area contributed by atoms with Crippen molar-refractivity contribution < 1.29 is 14.3 Å². The number of para-hydroxylation sites is 1. The molecule has 0 aliphatic rings. The Morgan fingerprint density at radius 2 is 1.81 bits per heavy atom. The maximum atomic E-state index is 12.8. The van der Waals surface area contributed by atoms with Crippen molar-refractivity contribution in [3.05, 3.63) is 89.6 Å². The van der Waals surface area contributed by atoms with Gasteiger partial charge in [0.05, 0.1) is 5.56 Å². The van der Waals surface area contributed by atoms with Crippen LogP contribution < -0.4 is 14.8 Å². The van der Waals surface area contributed by atoms with Crippen molar-refractivity contribution in [2.75, 3.05) is 0 Å². The molecule has 0 saturated carbocycles. The van der Waals surface area contributed by atoms with Crippen LogP contribution in [-0.2, 0) is 17.9 Å². The zero-order chi connectivity index (χ0) is 22.1. The van der Waals surface area contributed by atoms with Crippen LogP contribution in [0.25, 0.3) is 0 Å². The standard InChI is InChI=1S/C25H25N3O3/c1-18(2)24(31-22-11-7-6-10-21(22)15-26)25(29)28-16-20-12-13-27-23(14-20)30-17-19-8-4-3-5-9-19/h3-14,18,24H,16-17H2,1-2H3,(H,28,29). The number of benzene rings is 2. The van der Waals surface area contributed by atoms with Crippen molar-refractivity contribution in [2.45, 2.75) is 33.1 Å². The quantitative estimate of drug-likeness (QED) is 0.565. The van der Waals surface area contributed by atoms with Crippen molar-refractivity contribution in [3.8, 4) is 17.7 Å². The molecule has 0 radical (unpaired) electrons. The maximum Gasteiger partial charge on any atom is 0.261 e. The molecule has 1 unspecified atom stereocenters. The number of aromatic nitrogens is 1. The number of amides is 1. The van der Waals surface area contributed by atoms with E-state index in [0.717, 1.165) is 11.1 Å². The zero-order valence-electron chi connectivity index (χ0n) is 17.6. The minimum atomic E-state index is -0.717. The Hall–Kier alpha value is -3.85. The number of nitriles is 1. The monoisotopic (exact) mass is 415 g/mol. The number of pyridine rings is 1. The highest BCUT2D eigenvalue weighted by molar-refractivity contribution is 5.81. The smallest absolute Gasteiger partial charge is 0.261 e. The van der Waals surface area contributed by atoms with E-state index in [1.165, 1.54) is 0 Å². The molecule has 3 aromatic rings. The molecule has 1 atom stereocenters. The van der Waals surface area contributed by atoms with E-state index in [9.17, 15) is 10.1 Å². The molecule has 3 rings (SSSR count). The van der Waals surface area contributed by atoms with Crippen LogP contribution in [0.2, 0.25) is 0 Å². The van der Waals surface area contributed by atoms with E-state index in [2.05, 4.69) is 16.4 Å². The zero-order valence-corrected chi connectivity index (χ0v) is 17.6.